The van der Waals surface area contributed by atoms with Crippen molar-refractivity contribution < 1.29 is 23.7 Å². The van der Waals surface area contributed by atoms with Gasteiger partial charge in [-0.05, 0) is 26.0 Å². The predicted molar refractivity (Wildman–Crippen MR) is 82.0 cm³/mol. The summed E-state index contributed by atoms with van der Waals surface area (Å²) in [5.74, 6) is -2.14. The van der Waals surface area contributed by atoms with E-state index in [1.54, 1.807) is 44.2 Å². The molecular formula is C15H16N2O5S. The highest BCUT2D eigenvalue weighted by Crippen LogP contribution is 2.43. The normalized spacial score (nSPS) is 31.2. The molecule has 2 heterocycles. The fourth-order valence-corrected chi connectivity index (χ4v) is 5.03. The van der Waals surface area contributed by atoms with Gasteiger partial charge in [-0.15, -0.1) is 0 Å². The summed E-state index contributed by atoms with van der Waals surface area (Å²) in [6, 6.07) is 6.26. The Labute approximate surface area is 135 Å². The lowest BCUT2D eigenvalue weighted by atomic mass is 9.96. The lowest BCUT2D eigenvalue weighted by Gasteiger charge is -2.43. The van der Waals surface area contributed by atoms with E-state index in [9.17, 15) is 23.7 Å². The zero-order valence-electron chi connectivity index (χ0n) is 12.6. The first-order chi connectivity index (χ1) is 10.8. The highest BCUT2D eigenvalue weighted by Gasteiger charge is 2.68. The molecular weight excluding hydrogens is 320 g/mol. The van der Waals surface area contributed by atoms with E-state index in [4.69, 9.17) is 0 Å². The third kappa shape index (κ3) is 2.16. The number of amides is 2. The van der Waals surface area contributed by atoms with E-state index in [0.717, 1.165) is 4.90 Å². The Morgan fingerprint density at radius 1 is 1.26 bits per heavy atom. The zero-order valence-corrected chi connectivity index (χ0v) is 13.4. The van der Waals surface area contributed by atoms with Crippen molar-refractivity contribution >= 4 is 28.6 Å². The molecule has 0 spiro atoms. The summed E-state index contributed by atoms with van der Waals surface area (Å²) in [7, 11) is -1.59. The van der Waals surface area contributed by atoms with Crippen LogP contribution in [0.15, 0.2) is 30.3 Å². The molecule has 3 rings (SSSR count). The van der Waals surface area contributed by atoms with Crippen LogP contribution in [0.2, 0.25) is 0 Å². The lowest BCUT2D eigenvalue weighted by molar-refractivity contribution is -0.159. The highest BCUT2D eigenvalue weighted by atomic mass is 32.2. The molecule has 7 nitrogen and oxygen atoms in total. The summed E-state index contributed by atoms with van der Waals surface area (Å²) in [4.78, 5) is 37.0. The number of carboxylic acid groups (broad SMARTS) is 1. The summed E-state index contributed by atoms with van der Waals surface area (Å²) in [5, 5.41) is 11.1. The van der Waals surface area contributed by atoms with Gasteiger partial charge in [-0.25, -0.2) is 4.79 Å². The zero-order chi connectivity index (χ0) is 16.9. The Kier molecular flexibility index (Phi) is 3.51. The number of hydrogen-bond acceptors (Lipinski definition) is 4. The molecule has 8 heteroatoms. The Bertz CT molecular complexity index is 718. The van der Waals surface area contributed by atoms with Gasteiger partial charge in [0.1, 0.15) is 17.5 Å². The number of carbonyl (C=O) groups excluding carboxylic acids is 2. The first kappa shape index (κ1) is 15.7. The quantitative estimate of drug-likeness (QED) is 0.753. The maximum Gasteiger partial charge on any atom is 0.328 e. The third-order valence-corrected chi connectivity index (χ3v) is 6.51. The van der Waals surface area contributed by atoms with Crippen LogP contribution in [-0.4, -0.2) is 54.2 Å². The van der Waals surface area contributed by atoms with E-state index in [2.05, 4.69) is 5.32 Å². The number of fused-ring (bicyclic) bond motifs is 1. The van der Waals surface area contributed by atoms with E-state index in [-0.39, 0.29) is 0 Å². The van der Waals surface area contributed by atoms with E-state index in [1.165, 1.54) is 0 Å². The molecule has 2 N–H and O–H groups in total. The van der Waals surface area contributed by atoms with Gasteiger partial charge in [-0.3, -0.25) is 13.8 Å². The fraction of sp³-hybridized carbons (Fsp3) is 0.400. The Hall–Kier alpha value is -2.22. The largest absolute Gasteiger partial charge is 0.480 e. The maximum absolute atomic E-state index is 12.6. The summed E-state index contributed by atoms with van der Waals surface area (Å²) >= 11 is 0. The van der Waals surface area contributed by atoms with E-state index in [1.807, 2.05) is 0 Å². The molecule has 2 aliphatic rings. The van der Waals surface area contributed by atoms with Gasteiger partial charge < -0.3 is 15.3 Å². The molecule has 3 unspecified atom stereocenters. The third-order valence-electron chi connectivity index (χ3n) is 4.31. The molecule has 2 saturated heterocycles. The van der Waals surface area contributed by atoms with Gasteiger partial charge in [0.15, 0.2) is 0 Å². The lowest BCUT2D eigenvalue weighted by Crippen LogP contribution is -2.71. The topological polar surface area (TPSA) is 104 Å². The van der Waals surface area contributed by atoms with Crippen LogP contribution in [0.1, 0.15) is 24.2 Å². The summed E-state index contributed by atoms with van der Waals surface area (Å²) in [6.07, 6.45) is 0. The van der Waals surface area contributed by atoms with Gasteiger partial charge >= 0.3 is 5.97 Å². The molecule has 2 fully saturated rings. The molecule has 2 amide bonds. The summed E-state index contributed by atoms with van der Waals surface area (Å²) in [6.45, 7) is 3.12. The predicted octanol–water partition coefficient (Wildman–Crippen LogP) is -0.0526. The number of benzene rings is 1. The molecule has 0 radical (unpaired) electrons. The minimum atomic E-state index is -1.59. The van der Waals surface area contributed by atoms with E-state index >= 15 is 0 Å². The number of rotatable bonds is 3. The minimum absolute atomic E-state index is 0.386. The second-order valence-corrected chi connectivity index (χ2v) is 8.22. The van der Waals surface area contributed by atoms with Crippen molar-refractivity contribution in [1.29, 1.82) is 0 Å². The van der Waals surface area contributed by atoms with Crippen molar-refractivity contribution in [2.45, 2.75) is 36.1 Å². The number of β-lactam (4-membered cyclic amide) rings is 1. The first-order valence-electron chi connectivity index (χ1n) is 7.08. The smallest absolute Gasteiger partial charge is 0.328 e. The monoisotopic (exact) mass is 336 g/mol. The highest BCUT2D eigenvalue weighted by molar-refractivity contribution is 7.87. The second-order valence-electron chi connectivity index (χ2n) is 6.09. The Morgan fingerprint density at radius 2 is 1.87 bits per heavy atom. The number of carbonyl (C=O) groups is 3. The van der Waals surface area contributed by atoms with Gasteiger partial charge in [-0.2, -0.15) is 0 Å². The molecule has 0 aliphatic carbocycles. The van der Waals surface area contributed by atoms with E-state index in [0.29, 0.717) is 5.56 Å². The van der Waals surface area contributed by atoms with Crippen molar-refractivity contribution in [2.24, 2.45) is 0 Å². The number of aliphatic carboxylic acids is 1. The number of nitrogens with zero attached hydrogens (tertiary/aromatic N) is 1. The summed E-state index contributed by atoms with van der Waals surface area (Å²) < 4.78 is 11.5. The van der Waals surface area contributed by atoms with Crippen LogP contribution < -0.4 is 5.32 Å². The molecule has 122 valence electrons. The van der Waals surface area contributed by atoms with Crippen molar-refractivity contribution in [3.8, 4) is 0 Å². The molecule has 2 aliphatic heterocycles. The van der Waals surface area contributed by atoms with Crippen molar-refractivity contribution in [1.82, 2.24) is 10.2 Å². The molecule has 23 heavy (non-hydrogen) atoms. The minimum Gasteiger partial charge on any atom is -0.480 e. The number of nitrogens with one attached hydrogen (secondary N) is 1. The Balaban J connectivity index is 1.83. The second kappa shape index (κ2) is 5.16. The van der Waals surface area contributed by atoms with Crippen LogP contribution in [-0.2, 0) is 20.4 Å². The number of carboxylic acids is 1. The average Bonchev–Trinajstić information content (AvgIpc) is 2.70. The van der Waals surface area contributed by atoms with Crippen LogP contribution in [0.25, 0.3) is 0 Å². The molecule has 0 saturated carbocycles. The van der Waals surface area contributed by atoms with Crippen LogP contribution in [0.3, 0.4) is 0 Å². The SMILES string of the molecule is CC1(C)C(C(=O)O)N2C(=O)C(NC(=O)c3ccccc3)[C@H]2S1=O. The Morgan fingerprint density at radius 3 is 2.43 bits per heavy atom. The van der Waals surface area contributed by atoms with Gasteiger partial charge in [0.05, 0.1) is 15.5 Å². The van der Waals surface area contributed by atoms with Crippen molar-refractivity contribution in [3.63, 3.8) is 0 Å². The van der Waals surface area contributed by atoms with Crippen LogP contribution in [0.5, 0.6) is 0 Å². The standard InChI is InChI=1S/C15H16N2O5S/c1-15(2)10(14(20)21)17-12(19)9(13(17)23(15)22)16-11(18)8-6-4-3-5-7-8/h3-7,9-10,13H,1-2H3,(H,16,18)(H,20,21)/t9?,10?,13-,23?/m1/s1. The van der Waals surface area contributed by atoms with Crippen LogP contribution in [0, 0.1) is 0 Å². The molecule has 4 atom stereocenters. The van der Waals surface area contributed by atoms with Gasteiger partial charge in [0.25, 0.3) is 5.91 Å². The van der Waals surface area contributed by atoms with Gasteiger partial charge in [0.2, 0.25) is 5.91 Å². The van der Waals surface area contributed by atoms with Crippen molar-refractivity contribution in [2.75, 3.05) is 0 Å². The molecule has 0 aromatic heterocycles. The van der Waals surface area contributed by atoms with Gasteiger partial charge in [0, 0.05) is 5.56 Å². The molecule has 1 aromatic rings. The summed E-state index contributed by atoms with van der Waals surface area (Å²) in [5.41, 5.74) is 0.386. The fourth-order valence-electron chi connectivity index (χ4n) is 3.11. The van der Waals surface area contributed by atoms with Crippen LogP contribution in [0.4, 0.5) is 0 Å². The maximum atomic E-state index is 12.6. The van der Waals surface area contributed by atoms with Crippen molar-refractivity contribution in [3.05, 3.63) is 35.9 Å². The van der Waals surface area contributed by atoms with Gasteiger partial charge in [-0.1, -0.05) is 18.2 Å². The molecule has 1 aromatic carbocycles. The number of hydrogen-bond donors (Lipinski definition) is 2. The average molecular weight is 336 g/mol. The van der Waals surface area contributed by atoms with Crippen LogP contribution >= 0.6 is 0 Å². The van der Waals surface area contributed by atoms with E-state index < -0.39 is 50.8 Å². The first-order valence-corrected chi connectivity index (χ1v) is 8.29. The molecule has 0 bridgehead atoms.